The summed E-state index contributed by atoms with van der Waals surface area (Å²) in [6, 6.07) is 9.56. The van der Waals surface area contributed by atoms with Crippen molar-refractivity contribution < 1.29 is 24.2 Å². The van der Waals surface area contributed by atoms with E-state index >= 15 is 0 Å². The van der Waals surface area contributed by atoms with E-state index in [1.165, 1.54) is 4.90 Å². The Kier molecular flexibility index (Phi) is 8.41. The van der Waals surface area contributed by atoms with Gasteiger partial charge in [-0.15, -0.1) is 0 Å². The van der Waals surface area contributed by atoms with Gasteiger partial charge in [0.2, 0.25) is 0 Å². The zero-order chi connectivity index (χ0) is 18.9. The van der Waals surface area contributed by atoms with Crippen LogP contribution in [0.25, 0.3) is 0 Å². The molecular formula is C19H29NO5. The maximum absolute atomic E-state index is 12.4. The van der Waals surface area contributed by atoms with Gasteiger partial charge in [-0.2, -0.15) is 0 Å². The first kappa shape index (κ1) is 21.0. The van der Waals surface area contributed by atoms with Crippen molar-refractivity contribution in [2.24, 2.45) is 0 Å². The van der Waals surface area contributed by atoms with E-state index in [0.717, 1.165) is 5.56 Å². The number of hydrogen-bond acceptors (Lipinski definition) is 5. The zero-order valence-corrected chi connectivity index (χ0v) is 15.5. The average molecular weight is 351 g/mol. The Morgan fingerprint density at radius 1 is 1.20 bits per heavy atom. The lowest BCUT2D eigenvalue weighted by molar-refractivity contribution is -0.145. The van der Waals surface area contributed by atoms with Gasteiger partial charge in [-0.3, -0.25) is 4.79 Å². The van der Waals surface area contributed by atoms with Gasteiger partial charge in [0, 0.05) is 13.1 Å². The Hall–Kier alpha value is -2.08. The molecule has 1 amide bonds. The average Bonchev–Trinajstić information content (AvgIpc) is 2.50. The van der Waals surface area contributed by atoms with Crippen LogP contribution in [0.3, 0.4) is 0 Å². The van der Waals surface area contributed by atoms with E-state index in [9.17, 15) is 14.7 Å². The van der Waals surface area contributed by atoms with E-state index < -0.39 is 23.8 Å². The first-order valence-electron chi connectivity index (χ1n) is 8.56. The van der Waals surface area contributed by atoms with Gasteiger partial charge in [0.15, 0.2) is 0 Å². The first-order valence-corrected chi connectivity index (χ1v) is 8.56. The minimum atomic E-state index is -0.861. The Bertz CT molecular complexity index is 538. The summed E-state index contributed by atoms with van der Waals surface area (Å²) in [5.41, 5.74) is 0.364. The summed E-state index contributed by atoms with van der Waals surface area (Å²) in [4.78, 5) is 25.4. The van der Waals surface area contributed by atoms with Crippen molar-refractivity contribution in [2.75, 3.05) is 13.2 Å². The van der Waals surface area contributed by atoms with Gasteiger partial charge in [-0.25, -0.2) is 4.79 Å². The number of amides is 1. The van der Waals surface area contributed by atoms with Crippen molar-refractivity contribution in [1.82, 2.24) is 4.90 Å². The lowest BCUT2D eigenvalue weighted by Crippen LogP contribution is -2.38. The maximum Gasteiger partial charge on any atom is 0.410 e. The third kappa shape index (κ3) is 9.10. The standard InChI is InChI=1S/C19H29NO5/c1-5-24-17(22)13-16(21)11-12-20(18(23)25-19(2,3)4)14-15-9-7-6-8-10-15/h6-10,16,21H,5,11-14H2,1-4H3. The van der Waals surface area contributed by atoms with Gasteiger partial charge in [0.05, 0.1) is 19.1 Å². The highest BCUT2D eigenvalue weighted by molar-refractivity contribution is 5.70. The Balaban J connectivity index is 2.67. The number of carbonyl (C=O) groups is 2. The molecule has 1 N–H and O–H groups in total. The van der Waals surface area contributed by atoms with Crippen molar-refractivity contribution in [2.45, 2.75) is 58.8 Å². The lowest BCUT2D eigenvalue weighted by atomic mass is 10.1. The molecule has 0 aliphatic carbocycles. The second-order valence-corrected chi connectivity index (χ2v) is 6.84. The molecule has 0 aliphatic rings. The van der Waals surface area contributed by atoms with Crippen molar-refractivity contribution in [3.05, 3.63) is 35.9 Å². The molecule has 0 saturated heterocycles. The molecule has 6 nitrogen and oxygen atoms in total. The minimum absolute atomic E-state index is 0.0820. The number of rotatable bonds is 8. The van der Waals surface area contributed by atoms with Crippen molar-refractivity contribution in [3.8, 4) is 0 Å². The molecule has 0 saturated carbocycles. The molecule has 140 valence electrons. The molecule has 1 unspecified atom stereocenters. The van der Waals surface area contributed by atoms with Gasteiger partial charge in [0.25, 0.3) is 0 Å². The van der Waals surface area contributed by atoms with Crippen LogP contribution in [0, 0.1) is 0 Å². The number of benzene rings is 1. The predicted molar refractivity (Wildman–Crippen MR) is 95.0 cm³/mol. The highest BCUT2D eigenvalue weighted by Gasteiger charge is 2.23. The number of aliphatic hydroxyl groups excluding tert-OH is 1. The zero-order valence-electron chi connectivity index (χ0n) is 15.5. The molecule has 25 heavy (non-hydrogen) atoms. The molecule has 1 rings (SSSR count). The second kappa shape index (κ2) is 10.0. The molecular weight excluding hydrogens is 322 g/mol. The minimum Gasteiger partial charge on any atom is -0.466 e. The summed E-state index contributed by atoms with van der Waals surface area (Å²) in [7, 11) is 0. The molecule has 0 spiro atoms. The quantitative estimate of drug-likeness (QED) is 0.728. The third-order valence-electron chi connectivity index (χ3n) is 3.31. The molecule has 6 heteroatoms. The van der Waals surface area contributed by atoms with Crippen molar-refractivity contribution in [3.63, 3.8) is 0 Å². The molecule has 0 radical (unpaired) electrons. The predicted octanol–water partition coefficient (Wildman–Crippen LogP) is 3.13. The normalized spacial score (nSPS) is 12.4. The monoisotopic (exact) mass is 351 g/mol. The Morgan fingerprint density at radius 3 is 2.40 bits per heavy atom. The summed E-state index contributed by atoms with van der Waals surface area (Å²) in [5, 5.41) is 10.00. The van der Waals surface area contributed by atoms with Crippen LogP contribution < -0.4 is 0 Å². The largest absolute Gasteiger partial charge is 0.466 e. The van der Waals surface area contributed by atoms with E-state index in [4.69, 9.17) is 9.47 Å². The SMILES string of the molecule is CCOC(=O)CC(O)CCN(Cc1ccccc1)C(=O)OC(C)(C)C. The van der Waals surface area contributed by atoms with Gasteiger partial charge in [-0.05, 0) is 39.7 Å². The van der Waals surface area contributed by atoms with Crippen molar-refractivity contribution in [1.29, 1.82) is 0 Å². The van der Waals surface area contributed by atoms with Gasteiger partial charge in [-0.1, -0.05) is 30.3 Å². The summed E-state index contributed by atoms with van der Waals surface area (Å²) in [6.45, 7) is 8.08. The van der Waals surface area contributed by atoms with Crippen LogP contribution in [0.15, 0.2) is 30.3 Å². The molecule has 1 aromatic carbocycles. The lowest BCUT2D eigenvalue weighted by Gasteiger charge is -2.28. The van der Waals surface area contributed by atoms with E-state index in [-0.39, 0.29) is 26.0 Å². The van der Waals surface area contributed by atoms with Gasteiger partial charge >= 0.3 is 12.1 Å². The van der Waals surface area contributed by atoms with Crippen molar-refractivity contribution >= 4 is 12.1 Å². The Labute approximate surface area is 149 Å². The summed E-state index contributed by atoms with van der Waals surface area (Å²) in [6.07, 6.45) is -1.12. The summed E-state index contributed by atoms with van der Waals surface area (Å²) in [5.74, 6) is -0.443. The fourth-order valence-corrected chi connectivity index (χ4v) is 2.18. The smallest absolute Gasteiger partial charge is 0.410 e. The number of hydrogen-bond donors (Lipinski definition) is 1. The molecule has 0 aromatic heterocycles. The van der Waals surface area contributed by atoms with E-state index in [0.29, 0.717) is 6.54 Å². The number of nitrogens with zero attached hydrogens (tertiary/aromatic N) is 1. The molecule has 0 bridgehead atoms. The number of aliphatic hydroxyl groups is 1. The van der Waals surface area contributed by atoms with Gasteiger partial charge in [0.1, 0.15) is 5.60 Å². The highest BCUT2D eigenvalue weighted by atomic mass is 16.6. The van der Waals surface area contributed by atoms with Crippen LogP contribution in [0.1, 0.15) is 46.1 Å². The molecule has 0 fully saturated rings. The molecule has 1 aromatic rings. The second-order valence-electron chi connectivity index (χ2n) is 6.84. The molecule has 0 aliphatic heterocycles. The van der Waals surface area contributed by atoms with E-state index in [1.54, 1.807) is 27.7 Å². The van der Waals surface area contributed by atoms with E-state index in [1.807, 2.05) is 30.3 Å². The van der Waals surface area contributed by atoms with Crippen LogP contribution in [0.5, 0.6) is 0 Å². The number of carbonyl (C=O) groups excluding carboxylic acids is 2. The number of ether oxygens (including phenoxy) is 2. The first-order chi connectivity index (χ1) is 11.7. The molecule has 0 heterocycles. The summed E-state index contributed by atoms with van der Waals surface area (Å²) < 4.78 is 10.3. The fourth-order valence-electron chi connectivity index (χ4n) is 2.18. The van der Waals surface area contributed by atoms with E-state index in [2.05, 4.69) is 0 Å². The molecule has 1 atom stereocenters. The fraction of sp³-hybridized carbons (Fsp3) is 0.579. The Morgan fingerprint density at radius 2 is 1.84 bits per heavy atom. The van der Waals surface area contributed by atoms with Crippen LogP contribution >= 0.6 is 0 Å². The highest BCUT2D eigenvalue weighted by Crippen LogP contribution is 2.14. The van der Waals surface area contributed by atoms with Crippen LogP contribution in [-0.4, -0.2) is 46.9 Å². The number of esters is 1. The van der Waals surface area contributed by atoms with Gasteiger partial charge < -0.3 is 19.5 Å². The van der Waals surface area contributed by atoms with Crippen LogP contribution in [0.4, 0.5) is 4.79 Å². The van der Waals surface area contributed by atoms with Crippen LogP contribution in [-0.2, 0) is 20.8 Å². The third-order valence-corrected chi connectivity index (χ3v) is 3.31. The summed E-state index contributed by atoms with van der Waals surface area (Å²) >= 11 is 0. The topological polar surface area (TPSA) is 76.1 Å². The maximum atomic E-state index is 12.4. The van der Waals surface area contributed by atoms with Crippen LogP contribution in [0.2, 0.25) is 0 Å².